The Morgan fingerprint density at radius 1 is 1.30 bits per heavy atom. The highest BCUT2D eigenvalue weighted by atomic mass is 16.2. The van der Waals surface area contributed by atoms with Crippen LogP contribution in [0.1, 0.15) is 21.7 Å². The third kappa shape index (κ3) is 3.67. The Kier molecular flexibility index (Phi) is 4.48. The maximum absolute atomic E-state index is 12.0. The Morgan fingerprint density at radius 3 is 2.85 bits per heavy atom. The van der Waals surface area contributed by atoms with Crippen LogP contribution in [0.3, 0.4) is 0 Å². The number of carbonyl (C=O) groups excluding carboxylic acids is 1. The first-order chi connectivity index (χ1) is 9.69. The van der Waals surface area contributed by atoms with Crippen LogP contribution < -0.4 is 5.32 Å². The molecule has 0 saturated heterocycles. The van der Waals surface area contributed by atoms with Gasteiger partial charge in [0.2, 0.25) is 0 Å². The SMILES string of the molecule is Cc1cccc(C(=O)Nc2cccc(C#CCO)c2)n1. The van der Waals surface area contributed by atoms with Crippen molar-refractivity contribution < 1.29 is 9.90 Å². The molecule has 0 spiro atoms. The minimum atomic E-state index is -0.263. The van der Waals surface area contributed by atoms with E-state index in [0.717, 1.165) is 11.3 Å². The molecule has 0 unspecified atom stereocenters. The summed E-state index contributed by atoms with van der Waals surface area (Å²) in [6.45, 7) is 1.64. The van der Waals surface area contributed by atoms with E-state index in [4.69, 9.17) is 5.11 Å². The van der Waals surface area contributed by atoms with Gasteiger partial charge in [0.05, 0.1) is 0 Å². The minimum absolute atomic E-state index is 0.191. The number of nitrogens with one attached hydrogen (secondary N) is 1. The molecule has 100 valence electrons. The summed E-state index contributed by atoms with van der Waals surface area (Å²) in [5, 5.41) is 11.4. The molecule has 0 radical (unpaired) electrons. The lowest BCUT2D eigenvalue weighted by Crippen LogP contribution is -2.13. The third-order valence-electron chi connectivity index (χ3n) is 2.55. The molecular formula is C16H14N2O2. The van der Waals surface area contributed by atoms with E-state index in [1.165, 1.54) is 0 Å². The van der Waals surface area contributed by atoms with Crippen molar-refractivity contribution in [1.82, 2.24) is 4.98 Å². The Balaban J connectivity index is 2.15. The maximum Gasteiger partial charge on any atom is 0.274 e. The molecule has 0 atom stereocenters. The first-order valence-electron chi connectivity index (χ1n) is 6.14. The highest BCUT2D eigenvalue weighted by Gasteiger charge is 2.07. The number of hydrogen-bond acceptors (Lipinski definition) is 3. The lowest BCUT2D eigenvalue weighted by Gasteiger charge is -2.05. The van der Waals surface area contributed by atoms with Gasteiger partial charge < -0.3 is 10.4 Å². The maximum atomic E-state index is 12.0. The molecule has 0 bridgehead atoms. The number of aryl methyl sites for hydroxylation is 1. The van der Waals surface area contributed by atoms with Crippen LogP contribution in [-0.2, 0) is 0 Å². The Morgan fingerprint density at radius 2 is 2.10 bits per heavy atom. The van der Waals surface area contributed by atoms with Gasteiger partial charge in [-0.1, -0.05) is 24.0 Å². The fraction of sp³-hybridized carbons (Fsp3) is 0.125. The molecule has 2 rings (SSSR count). The van der Waals surface area contributed by atoms with E-state index in [1.54, 1.807) is 30.3 Å². The number of amides is 1. The predicted octanol–water partition coefficient (Wildman–Crippen LogP) is 1.99. The minimum Gasteiger partial charge on any atom is -0.384 e. The number of hydrogen-bond donors (Lipinski definition) is 2. The van der Waals surface area contributed by atoms with Crippen LogP contribution >= 0.6 is 0 Å². The molecule has 4 heteroatoms. The summed E-state index contributed by atoms with van der Waals surface area (Å²) in [7, 11) is 0. The van der Waals surface area contributed by atoms with Crippen molar-refractivity contribution in [3.63, 3.8) is 0 Å². The van der Waals surface area contributed by atoms with Gasteiger partial charge in [-0.3, -0.25) is 4.79 Å². The Labute approximate surface area is 117 Å². The summed E-state index contributed by atoms with van der Waals surface area (Å²) in [5.74, 6) is 5.09. The van der Waals surface area contributed by atoms with E-state index in [9.17, 15) is 4.79 Å². The summed E-state index contributed by atoms with van der Waals surface area (Å²) in [4.78, 5) is 16.2. The fourth-order valence-corrected chi connectivity index (χ4v) is 1.68. The first kappa shape index (κ1) is 13.8. The second-order valence-electron chi connectivity index (χ2n) is 4.16. The molecule has 1 heterocycles. The monoisotopic (exact) mass is 266 g/mol. The molecule has 1 aromatic carbocycles. The second-order valence-corrected chi connectivity index (χ2v) is 4.16. The van der Waals surface area contributed by atoms with Crippen molar-refractivity contribution in [3.8, 4) is 11.8 Å². The van der Waals surface area contributed by atoms with Crippen LogP contribution in [0.25, 0.3) is 0 Å². The van der Waals surface area contributed by atoms with Crippen LogP contribution in [0.15, 0.2) is 42.5 Å². The molecule has 2 N–H and O–H groups in total. The Bertz CT molecular complexity index is 684. The average molecular weight is 266 g/mol. The summed E-state index contributed by atoms with van der Waals surface area (Å²) in [5.41, 5.74) is 2.54. The smallest absolute Gasteiger partial charge is 0.274 e. The standard InChI is InChI=1S/C16H14N2O2/c1-12-5-2-9-15(17-12)16(20)18-14-8-3-6-13(11-14)7-4-10-19/h2-3,5-6,8-9,11,19H,10H2,1H3,(H,18,20). The number of carbonyl (C=O) groups is 1. The number of rotatable bonds is 2. The normalized spacial score (nSPS) is 9.50. The highest BCUT2D eigenvalue weighted by molar-refractivity contribution is 6.02. The quantitative estimate of drug-likeness (QED) is 0.817. The van der Waals surface area contributed by atoms with E-state index < -0.39 is 0 Å². The predicted molar refractivity (Wildman–Crippen MR) is 77.3 cm³/mol. The van der Waals surface area contributed by atoms with E-state index in [-0.39, 0.29) is 12.5 Å². The van der Waals surface area contributed by atoms with Gasteiger partial charge in [0.15, 0.2) is 0 Å². The van der Waals surface area contributed by atoms with Crippen molar-refractivity contribution in [1.29, 1.82) is 0 Å². The van der Waals surface area contributed by atoms with Crippen LogP contribution in [0.4, 0.5) is 5.69 Å². The summed E-state index contributed by atoms with van der Waals surface area (Å²) in [6, 6.07) is 12.4. The van der Waals surface area contributed by atoms with Crippen molar-refractivity contribution >= 4 is 11.6 Å². The second kappa shape index (κ2) is 6.50. The topological polar surface area (TPSA) is 62.2 Å². The van der Waals surface area contributed by atoms with Gasteiger partial charge in [0, 0.05) is 16.9 Å². The van der Waals surface area contributed by atoms with Crippen LogP contribution in [-0.4, -0.2) is 22.6 Å². The molecule has 20 heavy (non-hydrogen) atoms. The molecule has 2 aromatic rings. The van der Waals surface area contributed by atoms with E-state index in [2.05, 4.69) is 22.1 Å². The number of anilines is 1. The van der Waals surface area contributed by atoms with E-state index in [0.29, 0.717) is 11.4 Å². The van der Waals surface area contributed by atoms with Crippen molar-refractivity contribution in [2.75, 3.05) is 11.9 Å². The van der Waals surface area contributed by atoms with E-state index in [1.807, 2.05) is 19.1 Å². The van der Waals surface area contributed by atoms with Crippen LogP contribution in [0, 0.1) is 18.8 Å². The fourth-order valence-electron chi connectivity index (χ4n) is 1.68. The zero-order valence-corrected chi connectivity index (χ0v) is 11.1. The number of pyridine rings is 1. The summed E-state index contributed by atoms with van der Waals surface area (Å²) in [6.07, 6.45) is 0. The Hall–Kier alpha value is -2.64. The number of benzene rings is 1. The molecule has 0 fully saturated rings. The van der Waals surface area contributed by atoms with Gasteiger partial charge in [-0.15, -0.1) is 0 Å². The van der Waals surface area contributed by atoms with Crippen molar-refractivity contribution in [2.45, 2.75) is 6.92 Å². The average Bonchev–Trinajstić information content (AvgIpc) is 2.45. The van der Waals surface area contributed by atoms with Crippen molar-refractivity contribution in [2.24, 2.45) is 0 Å². The van der Waals surface area contributed by atoms with Crippen LogP contribution in [0.2, 0.25) is 0 Å². The number of aliphatic hydroxyl groups excluding tert-OH is 1. The van der Waals surface area contributed by atoms with Crippen LogP contribution in [0.5, 0.6) is 0 Å². The van der Waals surface area contributed by atoms with Gasteiger partial charge in [0.1, 0.15) is 12.3 Å². The molecule has 1 amide bonds. The van der Waals surface area contributed by atoms with Gasteiger partial charge in [-0.2, -0.15) is 0 Å². The molecule has 0 aliphatic carbocycles. The third-order valence-corrected chi connectivity index (χ3v) is 2.55. The van der Waals surface area contributed by atoms with E-state index >= 15 is 0 Å². The number of aliphatic hydroxyl groups is 1. The first-order valence-corrected chi connectivity index (χ1v) is 6.14. The number of nitrogens with zero attached hydrogens (tertiary/aromatic N) is 1. The molecular weight excluding hydrogens is 252 g/mol. The zero-order chi connectivity index (χ0) is 14.4. The van der Waals surface area contributed by atoms with Gasteiger partial charge in [0.25, 0.3) is 5.91 Å². The molecule has 1 aromatic heterocycles. The molecule has 0 aliphatic rings. The zero-order valence-electron chi connectivity index (χ0n) is 11.1. The lowest BCUT2D eigenvalue weighted by atomic mass is 10.2. The van der Waals surface area contributed by atoms with Gasteiger partial charge in [-0.25, -0.2) is 4.98 Å². The van der Waals surface area contributed by atoms with Gasteiger partial charge >= 0.3 is 0 Å². The lowest BCUT2D eigenvalue weighted by molar-refractivity contribution is 0.102. The number of aromatic nitrogens is 1. The molecule has 0 aliphatic heterocycles. The summed E-state index contributed by atoms with van der Waals surface area (Å²) < 4.78 is 0. The largest absolute Gasteiger partial charge is 0.384 e. The van der Waals surface area contributed by atoms with Crippen molar-refractivity contribution in [3.05, 3.63) is 59.4 Å². The molecule has 0 saturated carbocycles. The summed E-state index contributed by atoms with van der Waals surface area (Å²) >= 11 is 0. The highest BCUT2D eigenvalue weighted by Crippen LogP contribution is 2.11. The molecule has 4 nitrogen and oxygen atoms in total. The van der Waals surface area contributed by atoms with Gasteiger partial charge in [-0.05, 0) is 37.3 Å².